The van der Waals surface area contributed by atoms with Gasteiger partial charge in [-0.15, -0.1) is 11.3 Å². The van der Waals surface area contributed by atoms with Crippen molar-refractivity contribution < 1.29 is 13.2 Å². The van der Waals surface area contributed by atoms with Crippen molar-refractivity contribution in [1.29, 1.82) is 0 Å². The normalized spacial score (nSPS) is 16.3. The monoisotopic (exact) mass is 421 g/mol. The first-order valence-corrected chi connectivity index (χ1v) is 12.0. The quantitative estimate of drug-likeness (QED) is 0.784. The molecule has 0 saturated carbocycles. The van der Waals surface area contributed by atoms with Crippen LogP contribution < -0.4 is 10.6 Å². The van der Waals surface area contributed by atoms with Gasteiger partial charge in [-0.25, -0.2) is 13.2 Å². The minimum atomic E-state index is -3.23. The molecular formula is C20H27N3O3S2. The van der Waals surface area contributed by atoms with E-state index in [0.717, 1.165) is 21.7 Å². The first-order chi connectivity index (χ1) is 13.1. The molecule has 1 aromatic carbocycles. The lowest BCUT2D eigenvalue weighted by Gasteiger charge is -2.31. The Morgan fingerprint density at radius 2 is 1.96 bits per heavy atom. The van der Waals surface area contributed by atoms with Crippen molar-refractivity contribution in [2.24, 2.45) is 5.41 Å². The van der Waals surface area contributed by atoms with E-state index in [1.54, 1.807) is 11.3 Å². The predicted molar refractivity (Wildman–Crippen MR) is 114 cm³/mol. The number of benzene rings is 1. The Morgan fingerprint density at radius 1 is 1.21 bits per heavy atom. The second kappa shape index (κ2) is 7.85. The second-order valence-corrected chi connectivity index (χ2v) is 11.2. The molecule has 0 radical (unpaired) electrons. The van der Waals surface area contributed by atoms with Crippen LogP contribution in [-0.4, -0.2) is 31.6 Å². The van der Waals surface area contributed by atoms with Gasteiger partial charge in [-0.1, -0.05) is 39.0 Å². The average Bonchev–Trinajstić information content (AvgIpc) is 3.12. The number of hydrogen-bond acceptors (Lipinski definition) is 4. The zero-order chi connectivity index (χ0) is 20.5. The van der Waals surface area contributed by atoms with Gasteiger partial charge in [0.15, 0.2) is 0 Å². The van der Waals surface area contributed by atoms with Crippen molar-refractivity contribution in [3.8, 4) is 0 Å². The Balaban J connectivity index is 1.77. The summed E-state index contributed by atoms with van der Waals surface area (Å²) in [7, 11) is -3.23. The first-order valence-electron chi connectivity index (χ1n) is 9.22. The SMILES string of the molecule is CC(C)(C)C(NC(=O)Nc1cccc2c1CCN(S(C)(=O)=O)C2)c1cccs1. The van der Waals surface area contributed by atoms with E-state index in [-0.39, 0.29) is 17.5 Å². The topological polar surface area (TPSA) is 78.5 Å². The van der Waals surface area contributed by atoms with Gasteiger partial charge in [0.25, 0.3) is 0 Å². The highest BCUT2D eigenvalue weighted by molar-refractivity contribution is 7.88. The molecule has 0 saturated heterocycles. The van der Waals surface area contributed by atoms with Gasteiger partial charge in [0, 0.05) is 23.7 Å². The molecular weight excluding hydrogens is 394 g/mol. The number of anilines is 1. The summed E-state index contributed by atoms with van der Waals surface area (Å²) in [4.78, 5) is 13.9. The lowest BCUT2D eigenvalue weighted by Crippen LogP contribution is -2.39. The number of sulfonamides is 1. The number of urea groups is 1. The number of carbonyl (C=O) groups is 1. The summed E-state index contributed by atoms with van der Waals surface area (Å²) in [5, 5.41) is 8.09. The van der Waals surface area contributed by atoms with Crippen molar-refractivity contribution in [3.05, 3.63) is 51.7 Å². The van der Waals surface area contributed by atoms with E-state index in [1.807, 2.05) is 35.7 Å². The highest BCUT2D eigenvalue weighted by Gasteiger charge is 2.29. The highest BCUT2D eigenvalue weighted by Crippen LogP contribution is 2.35. The van der Waals surface area contributed by atoms with Crippen LogP contribution in [0.4, 0.5) is 10.5 Å². The number of nitrogens with zero attached hydrogens (tertiary/aromatic N) is 1. The lowest BCUT2D eigenvalue weighted by atomic mass is 9.86. The number of rotatable bonds is 4. The van der Waals surface area contributed by atoms with Crippen LogP contribution in [0.25, 0.3) is 0 Å². The molecule has 2 amide bonds. The molecule has 1 aliphatic rings. The third-order valence-electron chi connectivity index (χ3n) is 4.92. The molecule has 1 unspecified atom stereocenters. The minimum Gasteiger partial charge on any atom is -0.330 e. The summed E-state index contributed by atoms with van der Waals surface area (Å²) < 4.78 is 25.1. The van der Waals surface area contributed by atoms with Crippen LogP contribution in [0.2, 0.25) is 0 Å². The van der Waals surface area contributed by atoms with Crippen LogP contribution in [0.5, 0.6) is 0 Å². The second-order valence-electron chi connectivity index (χ2n) is 8.20. The Hall–Kier alpha value is -1.90. The zero-order valence-corrected chi connectivity index (χ0v) is 18.3. The van der Waals surface area contributed by atoms with E-state index >= 15 is 0 Å². The molecule has 2 heterocycles. The first kappa shape index (κ1) is 20.8. The van der Waals surface area contributed by atoms with Gasteiger partial charge < -0.3 is 10.6 Å². The molecule has 0 fully saturated rings. The van der Waals surface area contributed by atoms with E-state index in [1.165, 1.54) is 10.6 Å². The maximum atomic E-state index is 12.8. The summed E-state index contributed by atoms with van der Waals surface area (Å²) in [6.07, 6.45) is 1.80. The van der Waals surface area contributed by atoms with Crippen molar-refractivity contribution in [2.75, 3.05) is 18.1 Å². The largest absolute Gasteiger partial charge is 0.330 e. The molecule has 6 nitrogen and oxygen atoms in total. The van der Waals surface area contributed by atoms with Gasteiger partial charge in [-0.05, 0) is 40.5 Å². The fraction of sp³-hybridized carbons (Fsp3) is 0.450. The van der Waals surface area contributed by atoms with Gasteiger partial charge in [-0.2, -0.15) is 4.31 Å². The van der Waals surface area contributed by atoms with E-state index in [4.69, 9.17) is 0 Å². The minimum absolute atomic E-state index is 0.104. The van der Waals surface area contributed by atoms with E-state index in [2.05, 4.69) is 31.4 Å². The van der Waals surface area contributed by atoms with Crippen molar-refractivity contribution in [2.45, 2.75) is 39.8 Å². The number of hydrogen-bond donors (Lipinski definition) is 2. The Morgan fingerprint density at radius 3 is 2.57 bits per heavy atom. The van der Waals surface area contributed by atoms with Gasteiger partial charge in [0.1, 0.15) is 0 Å². The van der Waals surface area contributed by atoms with E-state index < -0.39 is 10.0 Å². The third kappa shape index (κ3) is 4.74. The number of carbonyl (C=O) groups excluding carboxylic acids is 1. The number of fused-ring (bicyclic) bond motifs is 1. The van der Waals surface area contributed by atoms with Gasteiger partial charge >= 0.3 is 6.03 Å². The molecule has 8 heteroatoms. The molecule has 28 heavy (non-hydrogen) atoms. The lowest BCUT2D eigenvalue weighted by molar-refractivity contribution is 0.230. The summed E-state index contributed by atoms with van der Waals surface area (Å²) in [6, 6.07) is 9.29. The van der Waals surface area contributed by atoms with Crippen molar-refractivity contribution in [1.82, 2.24) is 9.62 Å². The van der Waals surface area contributed by atoms with Crippen molar-refractivity contribution in [3.63, 3.8) is 0 Å². The van der Waals surface area contributed by atoms with E-state index in [0.29, 0.717) is 19.5 Å². The smallest absolute Gasteiger partial charge is 0.319 e. The van der Waals surface area contributed by atoms with E-state index in [9.17, 15) is 13.2 Å². The molecule has 152 valence electrons. The maximum Gasteiger partial charge on any atom is 0.319 e. The van der Waals surface area contributed by atoms with Crippen LogP contribution in [-0.2, 0) is 23.0 Å². The number of amides is 2. The maximum absolute atomic E-state index is 12.8. The van der Waals surface area contributed by atoms with Crippen molar-refractivity contribution >= 4 is 33.1 Å². The summed E-state index contributed by atoms with van der Waals surface area (Å²) in [5.74, 6) is 0. The molecule has 0 spiro atoms. The van der Waals surface area contributed by atoms with Gasteiger partial charge in [-0.3, -0.25) is 0 Å². The third-order valence-corrected chi connectivity index (χ3v) is 7.10. The molecule has 1 aliphatic heterocycles. The Bertz CT molecular complexity index is 948. The summed E-state index contributed by atoms with van der Waals surface area (Å²) in [6.45, 7) is 7.06. The van der Waals surface area contributed by atoms with Crippen LogP contribution in [0.15, 0.2) is 35.7 Å². The van der Waals surface area contributed by atoms with Gasteiger partial charge in [0.05, 0.1) is 12.3 Å². The van der Waals surface area contributed by atoms with Crippen LogP contribution >= 0.6 is 11.3 Å². The number of thiophene rings is 1. The molecule has 2 aromatic rings. The zero-order valence-electron chi connectivity index (χ0n) is 16.7. The standard InChI is InChI=1S/C20H27N3O3S2/c1-20(2,3)18(17-9-6-12-27-17)22-19(24)21-16-8-5-7-14-13-23(28(4,25)26)11-10-15(14)16/h5-9,12,18H,10-11,13H2,1-4H3,(H2,21,22,24). The van der Waals surface area contributed by atoms with Crippen LogP contribution in [0.3, 0.4) is 0 Å². The Labute approximate surface area is 171 Å². The number of nitrogens with one attached hydrogen (secondary N) is 2. The summed E-state index contributed by atoms with van der Waals surface area (Å²) in [5.41, 5.74) is 2.54. The average molecular weight is 422 g/mol. The summed E-state index contributed by atoms with van der Waals surface area (Å²) >= 11 is 1.63. The Kier molecular flexibility index (Phi) is 5.84. The molecule has 1 aromatic heterocycles. The van der Waals surface area contributed by atoms with Crippen LogP contribution in [0, 0.1) is 5.41 Å². The highest BCUT2D eigenvalue weighted by atomic mass is 32.2. The van der Waals surface area contributed by atoms with Gasteiger partial charge in [0.2, 0.25) is 10.0 Å². The predicted octanol–water partition coefficient (Wildman–Crippen LogP) is 3.97. The van der Waals surface area contributed by atoms with Crippen LogP contribution in [0.1, 0.15) is 42.8 Å². The fourth-order valence-electron chi connectivity index (χ4n) is 3.44. The fourth-order valence-corrected chi connectivity index (χ4v) is 5.26. The molecule has 0 bridgehead atoms. The molecule has 0 aliphatic carbocycles. The molecule has 1 atom stereocenters. The molecule has 2 N–H and O–H groups in total. The molecule has 3 rings (SSSR count).